The highest BCUT2D eigenvalue weighted by atomic mass is 19.1. The summed E-state index contributed by atoms with van der Waals surface area (Å²) in [7, 11) is 0. The molecule has 0 aliphatic carbocycles. The Hall–Kier alpha value is -6.49. The SMILES string of the molecule is CC(C)[C@H](NC(=O)c1ccc(F)cc1)C(=O)N1c2cc3c(cc2[C@H](N(Cc2ccccc2)C(=O)c2ccccc2)[C@H]1COC(=O)c1ccccc1)OCO3. The number of anilines is 1. The molecular formula is C43H38FN3O7. The molecule has 1 N–H and O–H groups in total. The van der Waals surface area contributed by atoms with E-state index >= 15 is 4.79 Å². The molecule has 274 valence electrons. The Bertz CT molecular complexity index is 2150. The van der Waals surface area contributed by atoms with E-state index in [4.69, 9.17) is 14.2 Å². The third-order valence-corrected chi connectivity index (χ3v) is 9.57. The number of nitrogens with one attached hydrogen (secondary N) is 1. The largest absolute Gasteiger partial charge is 0.460 e. The van der Waals surface area contributed by atoms with E-state index in [1.165, 1.54) is 29.2 Å². The maximum Gasteiger partial charge on any atom is 0.338 e. The number of rotatable bonds is 11. The minimum atomic E-state index is -1.08. The molecule has 0 radical (unpaired) electrons. The number of esters is 1. The predicted octanol–water partition coefficient (Wildman–Crippen LogP) is 6.96. The van der Waals surface area contributed by atoms with Crippen molar-refractivity contribution in [1.82, 2.24) is 10.2 Å². The standard InChI is InChI=1S/C43H38FN3O7/c1-27(2)38(45-40(48)29-18-20-32(44)21-19-29)42(50)47-34-23-37-36(53-26-54-37)22-33(34)39(35(47)25-52-43(51)31-16-10-5-11-17-31)46(24-28-12-6-3-7-13-28)41(49)30-14-8-4-9-15-30/h3-23,27,35,38-39H,24-26H2,1-2H3,(H,45,48)/t35-,38+,39+/m1/s1. The number of ether oxygens (including phenoxy) is 3. The van der Waals surface area contributed by atoms with Crippen molar-refractivity contribution in [2.24, 2.45) is 5.92 Å². The molecule has 11 heteroatoms. The van der Waals surface area contributed by atoms with Gasteiger partial charge >= 0.3 is 5.97 Å². The van der Waals surface area contributed by atoms with Crippen LogP contribution in [0.15, 0.2) is 127 Å². The van der Waals surface area contributed by atoms with Crippen LogP contribution in [0.25, 0.3) is 0 Å². The van der Waals surface area contributed by atoms with Crippen LogP contribution < -0.4 is 19.7 Å². The van der Waals surface area contributed by atoms with Crippen LogP contribution in [0.1, 0.15) is 62.1 Å². The van der Waals surface area contributed by atoms with Crippen molar-refractivity contribution in [3.63, 3.8) is 0 Å². The lowest BCUT2D eigenvalue weighted by Crippen LogP contribution is -2.56. The van der Waals surface area contributed by atoms with Crippen molar-refractivity contribution in [1.29, 1.82) is 0 Å². The van der Waals surface area contributed by atoms with Gasteiger partial charge in [-0.3, -0.25) is 14.4 Å². The van der Waals surface area contributed by atoms with Crippen LogP contribution in [0.4, 0.5) is 10.1 Å². The van der Waals surface area contributed by atoms with Crippen LogP contribution in [-0.4, -0.2) is 54.1 Å². The lowest BCUT2D eigenvalue weighted by molar-refractivity contribution is -0.122. The molecule has 54 heavy (non-hydrogen) atoms. The lowest BCUT2D eigenvalue weighted by atomic mass is 9.98. The summed E-state index contributed by atoms with van der Waals surface area (Å²) in [5, 5.41) is 2.86. The Morgan fingerprint density at radius 3 is 2.02 bits per heavy atom. The number of carbonyl (C=O) groups excluding carboxylic acids is 4. The van der Waals surface area contributed by atoms with Gasteiger partial charge in [-0.1, -0.05) is 80.6 Å². The van der Waals surface area contributed by atoms with E-state index in [0.717, 1.165) is 5.56 Å². The number of benzene rings is 5. The van der Waals surface area contributed by atoms with E-state index < -0.39 is 47.6 Å². The van der Waals surface area contributed by atoms with Crippen molar-refractivity contribution in [3.05, 3.63) is 161 Å². The maximum absolute atomic E-state index is 15.1. The Balaban J connectivity index is 1.36. The molecule has 2 heterocycles. The number of nitrogens with zero attached hydrogens (tertiary/aromatic N) is 2. The number of fused-ring (bicyclic) bond motifs is 2. The number of hydrogen-bond donors (Lipinski definition) is 1. The lowest BCUT2D eigenvalue weighted by Gasteiger charge is -2.37. The molecule has 0 fully saturated rings. The first-order chi connectivity index (χ1) is 26.2. The predicted molar refractivity (Wildman–Crippen MR) is 199 cm³/mol. The molecular weight excluding hydrogens is 689 g/mol. The minimum Gasteiger partial charge on any atom is -0.460 e. The average molecular weight is 728 g/mol. The Morgan fingerprint density at radius 1 is 0.796 bits per heavy atom. The monoisotopic (exact) mass is 727 g/mol. The average Bonchev–Trinajstić information content (AvgIpc) is 3.79. The molecule has 3 amide bonds. The fourth-order valence-corrected chi connectivity index (χ4v) is 6.87. The third-order valence-electron chi connectivity index (χ3n) is 9.57. The van der Waals surface area contributed by atoms with Crippen molar-refractivity contribution in [2.45, 2.75) is 38.5 Å². The molecule has 7 rings (SSSR count). The van der Waals surface area contributed by atoms with Gasteiger partial charge in [0.25, 0.3) is 11.8 Å². The Morgan fingerprint density at radius 2 is 1.39 bits per heavy atom. The minimum absolute atomic E-state index is 0.0338. The van der Waals surface area contributed by atoms with Crippen molar-refractivity contribution >= 4 is 29.4 Å². The van der Waals surface area contributed by atoms with E-state index in [0.29, 0.717) is 33.9 Å². The molecule has 0 spiro atoms. The molecule has 5 aromatic carbocycles. The summed E-state index contributed by atoms with van der Waals surface area (Å²) in [6, 6.07) is 32.4. The highest BCUT2D eigenvalue weighted by molar-refractivity contribution is 6.05. The molecule has 0 saturated carbocycles. The van der Waals surface area contributed by atoms with Gasteiger partial charge in [-0.2, -0.15) is 0 Å². The zero-order chi connectivity index (χ0) is 37.8. The van der Waals surface area contributed by atoms with E-state index in [1.807, 2.05) is 36.4 Å². The zero-order valence-corrected chi connectivity index (χ0v) is 29.7. The molecule has 2 aliphatic rings. The van der Waals surface area contributed by atoms with Gasteiger partial charge in [-0.25, -0.2) is 9.18 Å². The summed E-state index contributed by atoms with van der Waals surface area (Å²) in [5.74, 6) is -2.08. The van der Waals surface area contributed by atoms with Crippen LogP contribution in [-0.2, 0) is 16.1 Å². The highest BCUT2D eigenvalue weighted by Crippen LogP contribution is 2.50. The van der Waals surface area contributed by atoms with Gasteiger partial charge < -0.3 is 29.3 Å². The number of hydrogen-bond acceptors (Lipinski definition) is 7. The summed E-state index contributed by atoms with van der Waals surface area (Å²) in [6.45, 7) is 3.40. The second kappa shape index (κ2) is 15.6. The van der Waals surface area contributed by atoms with Gasteiger partial charge in [0.15, 0.2) is 11.5 Å². The molecule has 0 bridgehead atoms. The first-order valence-corrected chi connectivity index (χ1v) is 17.6. The van der Waals surface area contributed by atoms with Crippen molar-refractivity contribution in [2.75, 3.05) is 18.3 Å². The Kier molecular flexibility index (Phi) is 10.4. The summed E-state index contributed by atoms with van der Waals surface area (Å²) in [6.07, 6.45) is 0. The van der Waals surface area contributed by atoms with Crippen LogP contribution in [0.3, 0.4) is 0 Å². The topological polar surface area (TPSA) is 114 Å². The van der Waals surface area contributed by atoms with Crippen LogP contribution in [0.2, 0.25) is 0 Å². The normalized spacial score (nSPS) is 16.0. The van der Waals surface area contributed by atoms with Gasteiger partial charge in [-0.05, 0) is 66.1 Å². The summed E-state index contributed by atoms with van der Waals surface area (Å²) in [4.78, 5) is 60.0. The van der Waals surface area contributed by atoms with Crippen molar-refractivity contribution < 1.29 is 37.8 Å². The fourth-order valence-electron chi connectivity index (χ4n) is 6.87. The molecule has 0 aromatic heterocycles. The molecule has 2 aliphatic heterocycles. The maximum atomic E-state index is 15.1. The van der Waals surface area contributed by atoms with E-state index in [2.05, 4.69) is 5.32 Å². The summed E-state index contributed by atoms with van der Waals surface area (Å²) >= 11 is 0. The zero-order valence-electron chi connectivity index (χ0n) is 29.7. The first kappa shape index (κ1) is 35.9. The number of carbonyl (C=O) groups is 4. The van der Waals surface area contributed by atoms with Crippen molar-refractivity contribution in [3.8, 4) is 11.5 Å². The van der Waals surface area contributed by atoms with Crippen LogP contribution in [0, 0.1) is 11.7 Å². The quantitative estimate of drug-likeness (QED) is 0.146. The molecule has 3 atom stereocenters. The first-order valence-electron chi connectivity index (χ1n) is 17.6. The molecule has 0 unspecified atom stereocenters. The van der Waals surface area contributed by atoms with Crippen LogP contribution in [0.5, 0.6) is 11.5 Å². The second-order valence-electron chi connectivity index (χ2n) is 13.4. The molecule has 0 saturated heterocycles. The summed E-state index contributed by atoms with van der Waals surface area (Å²) < 4.78 is 31.3. The van der Waals surface area contributed by atoms with Gasteiger partial charge in [0.2, 0.25) is 12.7 Å². The fraction of sp³-hybridized carbons (Fsp3) is 0.209. The van der Waals surface area contributed by atoms with Gasteiger partial charge in [0.05, 0.1) is 23.3 Å². The highest BCUT2D eigenvalue weighted by Gasteiger charge is 2.49. The Labute approximate surface area is 312 Å². The van der Waals surface area contributed by atoms with Gasteiger partial charge in [0, 0.05) is 29.3 Å². The van der Waals surface area contributed by atoms with Gasteiger partial charge in [0.1, 0.15) is 18.5 Å². The summed E-state index contributed by atoms with van der Waals surface area (Å²) in [5.41, 5.74) is 2.73. The number of amides is 3. The smallest absolute Gasteiger partial charge is 0.338 e. The van der Waals surface area contributed by atoms with Crippen LogP contribution >= 0.6 is 0 Å². The van der Waals surface area contributed by atoms with E-state index in [9.17, 15) is 18.8 Å². The number of halogens is 1. The molecule has 10 nitrogen and oxygen atoms in total. The van der Waals surface area contributed by atoms with Gasteiger partial charge in [-0.15, -0.1) is 0 Å². The van der Waals surface area contributed by atoms with E-state index in [-0.39, 0.29) is 31.4 Å². The molecule has 5 aromatic rings. The third kappa shape index (κ3) is 7.38. The van der Waals surface area contributed by atoms with E-state index in [1.54, 1.807) is 85.5 Å². The second-order valence-corrected chi connectivity index (χ2v) is 13.4.